The van der Waals surface area contributed by atoms with Gasteiger partial charge in [-0.3, -0.25) is 9.69 Å². The smallest absolute Gasteiger partial charge is 0.255 e. The Kier molecular flexibility index (Phi) is 6.26. The van der Waals surface area contributed by atoms with E-state index < -0.39 is 13.0 Å². The molecular formula is C15H23F2N3OS. The van der Waals surface area contributed by atoms with E-state index in [1.165, 1.54) is 4.88 Å². The van der Waals surface area contributed by atoms with Gasteiger partial charge in [-0.15, -0.1) is 11.3 Å². The van der Waals surface area contributed by atoms with Gasteiger partial charge in [-0.1, -0.05) is 0 Å². The third-order valence-corrected chi connectivity index (χ3v) is 5.06. The molecule has 1 saturated heterocycles. The van der Waals surface area contributed by atoms with E-state index in [0.717, 1.165) is 43.2 Å². The number of alkyl halides is 2. The molecule has 0 unspecified atom stereocenters. The quantitative estimate of drug-likeness (QED) is 0.872. The average molecular weight is 331 g/mol. The Balaban J connectivity index is 1.71. The van der Waals surface area contributed by atoms with Crippen LogP contribution in [0.4, 0.5) is 8.78 Å². The molecule has 0 aromatic carbocycles. The lowest BCUT2D eigenvalue weighted by Crippen LogP contribution is -2.36. The maximum atomic E-state index is 12.0. The molecule has 1 aromatic heterocycles. The lowest BCUT2D eigenvalue weighted by molar-refractivity contribution is -0.123. The van der Waals surface area contributed by atoms with Crippen LogP contribution in [-0.2, 0) is 11.3 Å². The van der Waals surface area contributed by atoms with E-state index in [0.29, 0.717) is 12.3 Å². The van der Waals surface area contributed by atoms with E-state index in [4.69, 9.17) is 0 Å². The van der Waals surface area contributed by atoms with Gasteiger partial charge in [0, 0.05) is 17.8 Å². The van der Waals surface area contributed by atoms with E-state index in [1.54, 1.807) is 11.3 Å². The van der Waals surface area contributed by atoms with E-state index in [1.807, 2.05) is 13.8 Å². The molecular weight excluding hydrogens is 308 g/mol. The van der Waals surface area contributed by atoms with Crippen LogP contribution < -0.4 is 5.32 Å². The molecule has 7 heteroatoms. The lowest BCUT2D eigenvalue weighted by atomic mass is 9.93. The van der Waals surface area contributed by atoms with Crippen molar-refractivity contribution in [1.82, 2.24) is 15.2 Å². The molecule has 1 aliphatic rings. The second-order valence-corrected chi connectivity index (χ2v) is 7.15. The number of rotatable bonds is 6. The molecule has 0 bridgehead atoms. The molecule has 2 rings (SSSR count). The van der Waals surface area contributed by atoms with Gasteiger partial charge in [-0.2, -0.15) is 0 Å². The van der Waals surface area contributed by atoms with Crippen LogP contribution in [0.15, 0.2) is 0 Å². The first-order valence-corrected chi connectivity index (χ1v) is 8.45. The van der Waals surface area contributed by atoms with Gasteiger partial charge in [0.15, 0.2) is 0 Å². The monoisotopic (exact) mass is 331 g/mol. The molecule has 0 aliphatic carbocycles. The predicted octanol–water partition coefficient (Wildman–Crippen LogP) is 2.74. The number of hydrogen-bond donors (Lipinski definition) is 1. The summed E-state index contributed by atoms with van der Waals surface area (Å²) in [4.78, 5) is 19.7. The van der Waals surface area contributed by atoms with Crippen molar-refractivity contribution in [3.05, 3.63) is 15.6 Å². The van der Waals surface area contributed by atoms with Gasteiger partial charge < -0.3 is 5.32 Å². The molecule has 0 spiro atoms. The summed E-state index contributed by atoms with van der Waals surface area (Å²) >= 11 is 1.74. The molecule has 4 nitrogen and oxygen atoms in total. The second kappa shape index (κ2) is 7.97. The summed E-state index contributed by atoms with van der Waals surface area (Å²) in [5.41, 5.74) is 1.11. The topological polar surface area (TPSA) is 45.2 Å². The molecule has 1 fully saturated rings. The number of nitrogens with zero attached hydrogens (tertiary/aromatic N) is 2. The Hall–Kier alpha value is -1.08. The highest BCUT2D eigenvalue weighted by Crippen LogP contribution is 2.24. The molecule has 1 N–H and O–H groups in total. The Bertz CT molecular complexity index is 499. The third-order valence-electron chi connectivity index (χ3n) is 4.00. The number of amides is 1. The molecule has 0 atom stereocenters. The molecule has 22 heavy (non-hydrogen) atoms. The number of halogens is 2. The van der Waals surface area contributed by atoms with Crippen molar-refractivity contribution in [2.45, 2.75) is 46.1 Å². The molecule has 0 radical (unpaired) electrons. The number of nitrogens with one attached hydrogen (secondary N) is 1. The zero-order chi connectivity index (χ0) is 16.1. The normalized spacial score (nSPS) is 17.1. The SMILES string of the molecule is Cc1nc(C)c(CN2CCC(CC(=O)NCC(F)F)CC2)s1. The van der Waals surface area contributed by atoms with Crippen LogP contribution >= 0.6 is 11.3 Å². The van der Waals surface area contributed by atoms with Crippen LogP contribution in [0.25, 0.3) is 0 Å². The van der Waals surface area contributed by atoms with Crippen molar-refractivity contribution in [2.75, 3.05) is 19.6 Å². The fourth-order valence-corrected chi connectivity index (χ4v) is 3.78. The maximum Gasteiger partial charge on any atom is 0.255 e. The fraction of sp³-hybridized carbons (Fsp3) is 0.733. The highest BCUT2D eigenvalue weighted by molar-refractivity contribution is 7.11. The van der Waals surface area contributed by atoms with E-state index in [9.17, 15) is 13.6 Å². The van der Waals surface area contributed by atoms with Gasteiger partial charge in [0.05, 0.1) is 17.2 Å². The van der Waals surface area contributed by atoms with Gasteiger partial charge in [0.25, 0.3) is 6.43 Å². The molecule has 1 aliphatic heterocycles. The summed E-state index contributed by atoms with van der Waals surface area (Å²) in [5.74, 6) is 0.0471. The van der Waals surface area contributed by atoms with Gasteiger partial charge in [0.1, 0.15) is 0 Å². The fourth-order valence-electron chi connectivity index (χ4n) is 2.80. The summed E-state index contributed by atoms with van der Waals surface area (Å²) in [6, 6.07) is 0. The number of carbonyl (C=O) groups excluding carboxylic acids is 1. The van der Waals surface area contributed by atoms with Crippen molar-refractivity contribution >= 4 is 17.2 Å². The van der Waals surface area contributed by atoms with Crippen LogP contribution in [0.3, 0.4) is 0 Å². The Morgan fingerprint density at radius 3 is 2.64 bits per heavy atom. The average Bonchev–Trinajstić information content (AvgIpc) is 2.77. The second-order valence-electron chi connectivity index (χ2n) is 5.86. The van der Waals surface area contributed by atoms with Crippen LogP contribution in [0, 0.1) is 19.8 Å². The van der Waals surface area contributed by atoms with E-state index in [2.05, 4.69) is 15.2 Å². The van der Waals surface area contributed by atoms with Crippen LogP contribution in [0.1, 0.15) is 34.8 Å². The van der Waals surface area contributed by atoms with Gasteiger partial charge in [-0.05, 0) is 45.7 Å². The van der Waals surface area contributed by atoms with Crippen LogP contribution in [0.5, 0.6) is 0 Å². The van der Waals surface area contributed by atoms with Gasteiger partial charge in [-0.25, -0.2) is 13.8 Å². The highest BCUT2D eigenvalue weighted by Gasteiger charge is 2.22. The Labute approximate surface area is 133 Å². The minimum absolute atomic E-state index is 0.257. The first kappa shape index (κ1) is 17.3. The van der Waals surface area contributed by atoms with Crippen molar-refractivity contribution in [1.29, 1.82) is 0 Å². The number of hydrogen-bond acceptors (Lipinski definition) is 4. The van der Waals surface area contributed by atoms with Crippen LogP contribution in [0.2, 0.25) is 0 Å². The highest BCUT2D eigenvalue weighted by atomic mass is 32.1. The predicted molar refractivity (Wildman–Crippen MR) is 83.2 cm³/mol. The number of aryl methyl sites for hydroxylation is 2. The molecule has 0 saturated carbocycles. The first-order valence-electron chi connectivity index (χ1n) is 7.64. The lowest BCUT2D eigenvalue weighted by Gasteiger charge is -2.31. The number of likely N-dealkylation sites (tertiary alicyclic amines) is 1. The number of piperidine rings is 1. The minimum atomic E-state index is -2.48. The number of thiazole rings is 1. The van der Waals surface area contributed by atoms with Crippen molar-refractivity contribution in [3.63, 3.8) is 0 Å². The van der Waals surface area contributed by atoms with Gasteiger partial charge >= 0.3 is 0 Å². The van der Waals surface area contributed by atoms with Crippen LogP contribution in [-0.4, -0.2) is 41.9 Å². The Morgan fingerprint density at radius 1 is 1.41 bits per heavy atom. The van der Waals surface area contributed by atoms with Crippen molar-refractivity contribution in [2.24, 2.45) is 5.92 Å². The Morgan fingerprint density at radius 2 is 2.09 bits per heavy atom. The van der Waals surface area contributed by atoms with Crippen molar-refractivity contribution in [3.8, 4) is 0 Å². The third kappa shape index (κ3) is 5.28. The zero-order valence-corrected chi connectivity index (χ0v) is 13.9. The number of carbonyl (C=O) groups is 1. The molecule has 2 heterocycles. The van der Waals surface area contributed by atoms with E-state index >= 15 is 0 Å². The summed E-state index contributed by atoms with van der Waals surface area (Å²) in [6.45, 7) is 6.33. The molecule has 1 aromatic rings. The van der Waals surface area contributed by atoms with Gasteiger partial charge in [0.2, 0.25) is 5.91 Å². The summed E-state index contributed by atoms with van der Waals surface area (Å²) in [5, 5.41) is 3.38. The first-order chi connectivity index (χ1) is 10.4. The van der Waals surface area contributed by atoms with Crippen molar-refractivity contribution < 1.29 is 13.6 Å². The summed E-state index contributed by atoms with van der Waals surface area (Å²) in [7, 11) is 0. The standard InChI is InChI=1S/C15H23F2N3OS/c1-10-13(22-11(2)19-10)9-20-5-3-12(4-6-20)7-15(21)18-8-14(16)17/h12,14H,3-9H2,1-2H3,(H,18,21). The maximum absolute atomic E-state index is 12.0. The molecule has 1 amide bonds. The summed E-state index contributed by atoms with van der Waals surface area (Å²) < 4.78 is 24.1. The molecule has 124 valence electrons. The minimum Gasteiger partial charge on any atom is -0.350 e. The largest absolute Gasteiger partial charge is 0.350 e. The zero-order valence-electron chi connectivity index (χ0n) is 13.1. The number of aromatic nitrogens is 1. The van der Waals surface area contributed by atoms with E-state index in [-0.39, 0.29) is 5.91 Å². The summed E-state index contributed by atoms with van der Waals surface area (Å²) in [6.07, 6.45) is -0.228.